The summed E-state index contributed by atoms with van der Waals surface area (Å²) in [4.78, 5) is 11.4. The highest BCUT2D eigenvalue weighted by Gasteiger charge is 2.09. The summed E-state index contributed by atoms with van der Waals surface area (Å²) in [5, 5.41) is 5.98. The van der Waals surface area contributed by atoms with Gasteiger partial charge in [0.15, 0.2) is 0 Å². The van der Waals surface area contributed by atoms with Crippen LogP contribution >= 0.6 is 0 Å². The molecule has 0 fully saturated rings. The fourth-order valence-corrected chi connectivity index (χ4v) is 0.934. The molecule has 1 unspecified atom stereocenters. The van der Waals surface area contributed by atoms with Gasteiger partial charge in [-0.05, 0) is 27.2 Å². The minimum atomic E-state index is -0.114. The molecule has 0 spiro atoms. The fraction of sp³-hybridized carbons (Fsp3) is 0.727. The minimum Gasteiger partial charge on any atom is -0.355 e. The van der Waals surface area contributed by atoms with E-state index in [0.29, 0.717) is 0 Å². The van der Waals surface area contributed by atoms with Crippen LogP contribution in [-0.4, -0.2) is 25.0 Å². The highest BCUT2D eigenvalue weighted by molar-refractivity contribution is 5.81. The molecule has 0 aliphatic carbocycles. The number of hydrogen-bond donors (Lipinski definition) is 2. The number of carbonyl (C=O) groups excluding carboxylic acids is 1. The predicted molar refractivity (Wildman–Crippen MR) is 60.2 cm³/mol. The lowest BCUT2D eigenvalue weighted by Gasteiger charge is -2.12. The van der Waals surface area contributed by atoms with Gasteiger partial charge in [-0.2, -0.15) is 0 Å². The summed E-state index contributed by atoms with van der Waals surface area (Å²) in [5.41, 5.74) is 1.26. The Hall–Kier alpha value is -0.830. The Morgan fingerprint density at radius 1 is 1.43 bits per heavy atom. The fourth-order valence-electron chi connectivity index (χ4n) is 0.934. The van der Waals surface area contributed by atoms with E-state index in [-0.39, 0.29) is 11.9 Å². The second kappa shape index (κ2) is 7.56. The van der Waals surface area contributed by atoms with E-state index in [4.69, 9.17) is 0 Å². The van der Waals surface area contributed by atoms with Gasteiger partial charge < -0.3 is 10.6 Å². The molecule has 82 valence electrons. The monoisotopic (exact) mass is 198 g/mol. The molecule has 3 heteroatoms. The Morgan fingerprint density at radius 2 is 2.07 bits per heavy atom. The van der Waals surface area contributed by atoms with Crippen molar-refractivity contribution < 1.29 is 4.79 Å². The Morgan fingerprint density at radius 3 is 2.57 bits per heavy atom. The molecule has 0 aromatic heterocycles. The summed E-state index contributed by atoms with van der Waals surface area (Å²) in [6.07, 6.45) is 3.05. The summed E-state index contributed by atoms with van der Waals surface area (Å²) in [5.74, 6) is 0.0778. The Bertz CT molecular complexity index is 195. The predicted octanol–water partition coefficient (Wildman–Crippen LogP) is 1.46. The molecule has 0 saturated carbocycles. The van der Waals surface area contributed by atoms with E-state index in [1.165, 1.54) is 5.57 Å². The molecule has 0 aliphatic heterocycles. The lowest BCUT2D eigenvalue weighted by atomic mass is 10.3. The second-order valence-corrected chi connectivity index (χ2v) is 3.70. The van der Waals surface area contributed by atoms with E-state index >= 15 is 0 Å². The van der Waals surface area contributed by atoms with Crippen molar-refractivity contribution in [2.24, 2.45) is 0 Å². The topological polar surface area (TPSA) is 41.1 Å². The van der Waals surface area contributed by atoms with Gasteiger partial charge in [0.05, 0.1) is 6.04 Å². The maximum atomic E-state index is 11.4. The van der Waals surface area contributed by atoms with Gasteiger partial charge in [-0.1, -0.05) is 18.6 Å². The normalized spacial score (nSPS) is 12.0. The number of carbonyl (C=O) groups is 1. The molecular formula is C11H22N2O. The van der Waals surface area contributed by atoms with E-state index in [2.05, 4.69) is 16.7 Å². The average molecular weight is 198 g/mol. The molecule has 0 saturated heterocycles. The van der Waals surface area contributed by atoms with Crippen molar-refractivity contribution in [1.29, 1.82) is 0 Å². The first-order valence-electron chi connectivity index (χ1n) is 5.22. The Balaban J connectivity index is 3.67. The van der Waals surface area contributed by atoms with Gasteiger partial charge in [0, 0.05) is 13.1 Å². The van der Waals surface area contributed by atoms with Crippen molar-refractivity contribution >= 4 is 5.91 Å². The van der Waals surface area contributed by atoms with Crippen molar-refractivity contribution in [3.05, 3.63) is 11.6 Å². The van der Waals surface area contributed by atoms with Crippen LogP contribution in [0.4, 0.5) is 0 Å². The zero-order valence-electron chi connectivity index (χ0n) is 9.68. The first-order valence-corrected chi connectivity index (χ1v) is 5.22. The molecule has 14 heavy (non-hydrogen) atoms. The highest BCUT2D eigenvalue weighted by Crippen LogP contribution is 1.87. The molecule has 2 N–H and O–H groups in total. The number of amides is 1. The first kappa shape index (κ1) is 13.2. The van der Waals surface area contributed by atoms with Crippen LogP contribution in [0.3, 0.4) is 0 Å². The minimum absolute atomic E-state index is 0.0778. The van der Waals surface area contributed by atoms with E-state index in [0.717, 1.165) is 19.5 Å². The van der Waals surface area contributed by atoms with Crippen molar-refractivity contribution in [2.45, 2.75) is 40.2 Å². The number of hydrogen-bond acceptors (Lipinski definition) is 2. The maximum Gasteiger partial charge on any atom is 0.236 e. The maximum absolute atomic E-state index is 11.4. The molecule has 3 nitrogen and oxygen atoms in total. The second-order valence-electron chi connectivity index (χ2n) is 3.70. The van der Waals surface area contributed by atoms with Crippen molar-refractivity contribution in [1.82, 2.24) is 10.6 Å². The quantitative estimate of drug-likeness (QED) is 0.634. The molecule has 0 radical (unpaired) electrons. The van der Waals surface area contributed by atoms with E-state index < -0.39 is 0 Å². The third kappa shape index (κ3) is 6.66. The van der Waals surface area contributed by atoms with Gasteiger partial charge in [0.1, 0.15) is 0 Å². The van der Waals surface area contributed by atoms with Crippen molar-refractivity contribution in [3.63, 3.8) is 0 Å². The first-order chi connectivity index (χ1) is 6.57. The van der Waals surface area contributed by atoms with Crippen LogP contribution in [0, 0.1) is 0 Å². The van der Waals surface area contributed by atoms with Crippen LogP contribution in [0.1, 0.15) is 34.1 Å². The number of allylic oxidation sites excluding steroid dienone is 1. The molecule has 0 rings (SSSR count). The van der Waals surface area contributed by atoms with Crippen LogP contribution in [0.25, 0.3) is 0 Å². The molecule has 0 aromatic rings. The third-order valence-corrected chi connectivity index (χ3v) is 1.88. The largest absolute Gasteiger partial charge is 0.355 e. The van der Waals surface area contributed by atoms with Gasteiger partial charge in [-0.25, -0.2) is 0 Å². The van der Waals surface area contributed by atoms with Crippen molar-refractivity contribution in [3.8, 4) is 0 Å². The summed E-state index contributed by atoms with van der Waals surface area (Å²) >= 11 is 0. The molecular weight excluding hydrogens is 176 g/mol. The zero-order valence-corrected chi connectivity index (χ0v) is 9.68. The van der Waals surface area contributed by atoms with Crippen LogP contribution in [0.5, 0.6) is 0 Å². The van der Waals surface area contributed by atoms with E-state index in [9.17, 15) is 4.79 Å². The van der Waals surface area contributed by atoms with Crippen LogP contribution in [-0.2, 0) is 4.79 Å². The third-order valence-electron chi connectivity index (χ3n) is 1.88. The lowest BCUT2D eigenvalue weighted by molar-refractivity contribution is -0.122. The zero-order chi connectivity index (χ0) is 11.0. The average Bonchev–Trinajstić information content (AvgIpc) is 2.13. The molecule has 1 amide bonds. The number of nitrogens with one attached hydrogen (secondary N) is 2. The standard InChI is InChI=1S/C11H22N2O/c1-5-7-13-11(14)10(4)12-8-6-9(2)3/h6,10,12H,5,7-8H2,1-4H3,(H,13,14). The van der Waals surface area contributed by atoms with Crippen LogP contribution in [0.2, 0.25) is 0 Å². The molecule has 0 heterocycles. The summed E-state index contributed by atoms with van der Waals surface area (Å²) in [6, 6.07) is -0.114. The van der Waals surface area contributed by atoms with Crippen LogP contribution < -0.4 is 10.6 Å². The summed E-state index contributed by atoms with van der Waals surface area (Å²) in [6.45, 7) is 9.52. The van der Waals surface area contributed by atoms with E-state index in [1.54, 1.807) is 0 Å². The molecule has 0 aliphatic rings. The highest BCUT2D eigenvalue weighted by atomic mass is 16.2. The summed E-state index contributed by atoms with van der Waals surface area (Å²) < 4.78 is 0. The molecule has 1 atom stereocenters. The number of rotatable bonds is 6. The smallest absolute Gasteiger partial charge is 0.236 e. The van der Waals surface area contributed by atoms with Gasteiger partial charge in [-0.3, -0.25) is 4.79 Å². The molecule has 0 aromatic carbocycles. The SMILES string of the molecule is CCCNC(=O)C(C)NCC=C(C)C. The summed E-state index contributed by atoms with van der Waals surface area (Å²) in [7, 11) is 0. The van der Waals surface area contributed by atoms with Gasteiger partial charge in [0.25, 0.3) is 0 Å². The van der Waals surface area contributed by atoms with E-state index in [1.807, 2.05) is 27.7 Å². The van der Waals surface area contributed by atoms with Crippen LogP contribution in [0.15, 0.2) is 11.6 Å². The Kier molecular flexibility index (Phi) is 7.11. The van der Waals surface area contributed by atoms with Gasteiger partial charge in [0.2, 0.25) is 5.91 Å². The molecule has 0 bridgehead atoms. The van der Waals surface area contributed by atoms with Gasteiger partial charge >= 0.3 is 0 Å². The lowest BCUT2D eigenvalue weighted by Crippen LogP contribution is -2.42. The van der Waals surface area contributed by atoms with Crippen molar-refractivity contribution in [2.75, 3.05) is 13.1 Å². The van der Waals surface area contributed by atoms with Gasteiger partial charge in [-0.15, -0.1) is 0 Å². The Labute approximate surface area is 87.0 Å².